The van der Waals surface area contributed by atoms with Crippen molar-refractivity contribution in [2.75, 3.05) is 12.5 Å². The van der Waals surface area contributed by atoms with E-state index < -0.39 is 0 Å². The van der Waals surface area contributed by atoms with Gasteiger partial charge in [0.2, 0.25) is 0 Å². The van der Waals surface area contributed by atoms with Crippen molar-refractivity contribution >= 4 is 0 Å². The van der Waals surface area contributed by atoms with Crippen molar-refractivity contribution < 1.29 is 0 Å². The molecule has 0 saturated heterocycles. The van der Waals surface area contributed by atoms with Crippen LogP contribution in [-0.2, 0) is 6.54 Å². The van der Waals surface area contributed by atoms with Gasteiger partial charge in [-0.3, -0.25) is 0 Å². The van der Waals surface area contributed by atoms with Gasteiger partial charge in [0, 0.05) is 19.2 Å². The Labute approximate surface area is 106 Å². The van der Waals surface area contributed by atoms with Crippen molar-refractivity contribution in [3.63, 3.8) is 0 Å². The molecule has 5 nitrogen and oxygen atoms in total. The molecule has 18 heavy (non-hydrogen) atoms. The summed E-state index contributed by atoms with van der Waals surface area (Å²) in [7, 11) is 1.72. The molecule has 0 fully saturated rings. The molecule has 0 aliphatic carbocycles. The molecule has 0 unspecified atom stereocenters. The van der Waals surface area contributed by atoms with Gasteiger partial charge in [0.1, 0.15) is 0 Å². The first-order valence-electron chi connectivity index (χ1n) is 6.21. The van der Waals surface area contributed by atoms with Crippen molar-refractivity contribution in [3.05, 3.63) is 40.8 Å². The smallest absolute Gasteiger partial charge is 0.323 e. The van der Waals surface area contributed by atoms with Crippen LogP contribution in [0.3, 0.4) is 0 Å². The lowest BCUT2D eigenvalue weighted by Gasteiger charge is -2.02. The van der Waals surface area contributed by atoms with E-state index in [9.17, 15) is 4.79 Å². The van der Waals surface area contributed by atoms with Crippen LogP contribution in [0.2, 0.25) is 0 Å². The van der Waals surface area contributed by atoms with Crippen LogP contribution in [0.5, 0.6) is 0 Å². The molecule has 0 amide bonds. The average molecular weight is 246 g/mol. The van der Waals surface area contributed by atoms with E-state index in [1.165, 1.54) is 9.36 Å². The normalized spacial score (nSPS) is 10.6. The molecule has 2 aromatic rings. The third-order valence-corrected chi connectivity index (χ3v) is 2.82. The average Bonchev–Trinajstić information content (AvgIpc) is 2.74. The maximum atomic E-state index is 12.1. The predicted molar refractivity (Wildman–Crippen MR) is 72.1 cm³/mol. The number of nitrogens with zero attached hydrogens (tertiary/aromatic N) is 3. The lowest BCUT2D eigenvalue weighted by atomic mass is 10.2. The number of aryl methyl sites for hydroxylation is 1. The summed E-state index contributed by atoms with van der Waals surface area (Å²) in [5.74, 6) is 0.652. The van der Waals surface area contributed by atoms with Crippen LogP contribution in [0.1, 0.15) is 19.8 Å². The molecule has 0 aliphatic heterocycles. The largest absolute Gasteiger partial charge is 0.365 e. The Morgan fingerprint density at radius 1 is 1.28 bits per heavy atom. The van der Waals surface area contributed by atoms with Gasteiger partial charge in [-0.2, -0.15) is 4.68 Å². The highest BCUT2D eigenvalue weighted by molar-refractivity contribution is 5.54. The standard InChI is InChI=1S/C13H18N4O/c1-3-4-10-16-13(18)17(14-2)12(15-16)11-8-6-5-7-9-11/h5-9,14H,3-4,10H2,1-2H3. The SMILES string of the molecule is CCCCn1nc(-c2ccccc2)n(NC)c1=O. The van der Waals surface area contributed by atoms with E-state index in [1.54, 1.807) is 7.05 Å². The molecule has 1 aromatic heterocycles. The fourth-order valence-electron chi connectivity index (χ4n) is 1.84. The lowest BCUT2D eigenvalue weighted by molar-refractivity contribution is 0.549. The molecular weight excluding hydrogens is 228 g/mol. The topological polar surface area (TPSA) is 51.9 Å². The fraction of sp³-hybridized carbons (Fsp3) is 0.385. The second-order valence-electron chi connectivity index (χ2n) is 4.11. The number of hydrogen-bond acceptors (Lipinski definition) is 3. The molecule has 0 radical (unpaired) electrons. The monoisotopic (exact) mass is 246 g/mol. The Morgan fingerprint density at radius 2 is 2.00 bits per heavy atom. The van der Waals surface area contributed by atoms with Gasteiger partial charge in [-0.1, -0.05) is 43.7 Å². The number of benzene rings is 1. The van der Waals surface area contributed by atoms with E-state index in [1.807, 2.05) is 30.3 Å². The van der Waals surface area contributed by atoms with E-state index in [0.717, 1.165) is 18.4 Å². The Morgan fingerprint density at radius 3 is 2.61 bits per heavy atom. The molecule has 0 atom stereocenters. The molecule has 96 valence electrons. The van der Waals surface area contributed by atoms with E-state index in [2.05, 4.69) is 17.4 Å². The third-order valence-electron chi connectivity index (χ3n) is 2.82. The van der Waals surface area contributed by atoms with Crippen molar-refractivity contribution in [2.24, 2.45) is 0 Å². The Hall–Kier alpha value is -2.04. The Kier molecular flexibility index (Phi) is 3.82. The van der Waals surface area contributed by atoms with Gasteiger partial charge in [0.05, 0.1) is 0 Å². The second-order valence-corrected chi connectivity index (χ2v) is 4.11. The van der Waals surface area contributed by atoms with Crippen molar-refractivity contribution in [1.82, 2.24) is 14.5 Å². The zero-order valence-electron chi connectivity index (χ0n) is 10.8. The van der Waals surface area contributed by atoms with Crippen molar-refractivity contribution in [2.45, 2.75) is 26.3 Å². The number of rotatable bonds is 5. The summed E-state index contributed by atoms with van der Waals surface area (Å²) in [5.41, 5.74) is 3.69. The van der Waals surface area contributed by atoms with Gasteiger partial charge in [0.25, 0.3) is 0 Å². The van der Waals surface area contributed by atoms with E-state index in [0.29, 0.717) is 12.4 Å². The van der Waals surface area contributed by atoms with Crippen LogP contribution in [0.15, 0.2) is 35.1 Å². The van der Waals surface area contributed by atoms with Crippen LogP contribution in [0.25, 0.3) is 11.4 Å². The first-order valence-corrected chi connectivity index (χ1v) is 6.21. The van der Waals surface area contributed by atoms with Crippen molar-refractivity contribution in [1.29, 1.82) is 0 Å². The van der Waals surface area contributed by atoms with Crippen LogP contribution in [0, 0.1) is 0 Å². The molecule has 1 N–H and O–H groups in total. The molecule has 0 saturated carbocycles. The van der Waals surface area contributed by atoms with Gasteiger partial charge in [-0.15, -0.1) is 5.10 Å². The summed E-state index contributed by atoms with van der Waals surface area (Å²) in [6.07, 6.45) is 1.99. The molecular formula is C13H18N4O. The van der Waals surface area contributed by atoms with Crippen molar-refractivity contribution in [3.8, 4) is 11.4 Å². The molecule has 5 heteroatoms. The van der Waals surface area contributed by atoms with E-state index in [-0.39, 0.29) is 5.69 Å². The van der Waals surface area contributed by atoms with Gasteiger partial charge in [-0.25, -0.2) is 9.48 Å². The highest BCUT2D eigenvalue weighted by atomic mass is 16.2. The summed E-state index contributed by atoms with van der Waals surface area (Å²) < 4.78 is 2.99. The highest BCUT2D eigenvalue weighted by Crippen LogP contribution is 2.13. The maximum absolute atomic E-state index is 12.1. The maximum Gasteiger partial charge on any atom is 0.365 e. The van der Waals surface area contributed by atoms with Crippen LogP contribution in [-0.4, -0.2) is 21.5 Å². The molecule has 1 aromatic carbocycles. The first-order chi connectivity index (χ1) is 8.77. The Bertz CT molecular complexity index is 556. The van der Waals surface area contributed by atoms with E-state index >= 15 is 0 Å². The summed E-state index contributed by atoms with van der Waals surface area (Å²) in [6, 6.07) is 9.70. The van der Waals surface area contributed by atoms with Gasteiger partial charge in [0.15, 0.2) is 5.82 Å². The molecule has 2 rings (SSSR count). The minimum absolute atomic E-state index is 0.121. The van der Waals surface area contributed by atoms with Crippen LogP contribution >= 0.6 is 0 Å². The number of hydrogen-bond donors (Lipinski definition) is 1. The number of nitrogens with one attached hydrogen (secondary N) is 1. The van der Waals surface area contributed by atoms with Crippen LogP contribution in [0.4, 0.5) is 0 Å². The van der Waals surface area contributed by atoms with E-state index in [4.69, 9.17) is 0 Å². The van der Waals surface area contributed by atoms with Gasteiger partial charge < -0.3 is 5.43 Å². The second kappa shape index (κ2) is 5.53. The summed E-state index contributed by atoms with van der Waals surface area (Å²) >= 11 is 0. The lowest BCUT2D eigenvalue weighted by Crippen LogP contribution is -2.29. The highest BCUT2D eigenvalue weighted by Gasteiger charge is 2.13. The first kappa shape index (κ1) is 12.4. The summed E-state index contributed by atoms with van der Waals surface area (Å²) in [5, 5.41) is 4.39. The summed E-state index contributed by atoms with van der Waals surface area (Å²) in [4.78, 5) is 12.1. The minimum Gasteiger partial charge on any atom is -0.323 e. The summed E-state index contributed by atoms with van der Waals surface area (Å²) in [6.45, 7) is 2.75. The zero-order chi connectivity index (χ0) is 13.0. The number of aromatic nitrogens is 3. The third kappa shape index (κ3) is 2.30. The molecule has 1 heterocycles. The molecule has 0 spiro atoms. The fourth-order valence-corrected chi connectivity index (χ4v) is 1.84. The molecule has 0 aliphatic rings. The number of unbranched alkanes of at least 4 members (excludes halogenated alkanes) is 1. The van der Waals surface area contributed by atoms with Gasteiger partial charge >= 0.3 is 5.69 Å². The predicted octanol–water partition coefficient (Wildman–Crippen LogP) is 1.69. The zero-order valence-corrected chi connectivity index (χ0v) is 10.8. The minimum atomic E-state index is -0.121. The molecule has 0 bridgehead atoms. The van der Waals surface area contributed by atoms with Gasteiger partial charge in [-0.05, 0) is 6.42 Å². The van der Waals surface area contributed by atoms with Crippen LogP contribution < -0.4 is 11.1 Å². The quantitative estimate of drug-likeness (QED) is 0.873. The Balaban J connectivity index is 2.45.